The van der Waals surface area contributed by atoms with E-state index in [4.69, 9.17) is 16.3 Å². The number of halogens is 1. The molecular weight excluding hydrogens is 382 g/mol. The van der Waals surface area contributed by atoms with Gasteiger partial charge in [-0.15, -0.1) is 0 Å². The quantitative estimate of drug-likeness (QED) is 0.682. The Hall–Kier alpha value is -1.48. The first-order valence-electron chi connectivity index (χ1n) is 11.2. The van der Waals surface area contributed by atoms with Gasteiger partial charge in [0.15, 0.2) is 0 Å². The summed E-state index contributed by atoms with van der Waals surface area (Å²) in [5.41, 5.74) is 0.307. The fraction of sp³-hybridized carbons (Fsp3) is 0.640. The van der Waals surface area contributed by atoms with Gasteiger partial charge in [0.05, 0.1) is 0 Å². The third-order valence-corrected chi connectivity index (χ3v) is 9.31. The molecule has 0 spiro atoms. The number of carbonyl (C=O) groups is 1. The van der Waals surface area contributed by atoms with Gasteiger partial charge in [-0.1, -0.05) is 38.4 Å². The SMILES string of the molecule is CC1CC2NC(=O)C=C[C@]2(C)[C@@H]2CC[C@]3(C)C(Oc4ccc(Cl)cc4)CC[C@H]3[C@H]12. The molecule has 1 aliphatic heterocycles. The molecule has 5 rings (SSSR count). The Morgan fingerprint density at radius 1 is 1.10 bits per heavy atom. The van der Waals surface area contributed by atoms with Crippen LogP contribution in [0.2, 0.25) is 5.02 Å². The highest BCUT2D eigenvalue weighted by Crippen LogP contribution is 2.65. The number of nitrogens with one attached hydrogen (secondary N) is 1. The molecule has 29 heavy (non-hydrogen) atoms. The largest absolute Gasteiger partial charge is 0.490 e. The molecule has 1 aromatic rings. The summed E-state index contributed by atoms with van der Waals surface area (Å²) in [4.78, 5) is 12.0. The molecule has 0 aromatic heterocycles. The van der Waals surface area contributed by atoms with E-state index in [1.807, 2.05) is 24.3 Å². The molecule has 4 heteroatoms. The van der Waals surface area contributed by atoms with Crippen LogP contribution in [0.3, 0.4) is 0 Å². The molecule has 3 nitrogen and oxygen atoms in total. The van der Waals surface area contributed by atoms with Crippen molar-refractivity contribution in [1.29, 1.82) is 0 Å². The van der Waals surface area contributed by atoms with Crippen LogP contribution in [0.1, 0.15) is 52.9 Å². The molecular formula is C25H32ClNO2. The number of hydrogen-bond donors (Lipinski definition) is 1. The average Bonchev–Trinajstić information content (AvgIpc) is 3.01. The summed E-state index contributed by atoms with van der Waals surface area (Å²) in [5, 5.41) is 4.03. The molecule has 4 aliphatic rings. The standard InChI is InChI=1S/C25H32ClNO2/c1-15-14-20-24(2,13-11-22(28)27-20)19-10-12-25(3)18(23(15)19)8-9-21(25)29-17-6-4-16(26)5-7-17/h4-7,11,13,15,18-21,23H,8-10,12,14H2,1-3H3,(H,27,28)/t15?,18-,19+,20?,21?,23-,24+,25-/m0/s1. The molecule has 156 valence electrons. The number of carbonyl (C=O) groups excluding carboxylic acids is 1. The molecule has 1 heterocycles. The predicted octanol–water partition coefficient (Wildman–Crippen LogP) is 5.63. The van der Waals surface area contributed by atoms with Gasteiger partial charge in [-0.2, -0.15) is 0 Å². The molecule has 1 aromatic carbocycles. The van der Waals surface area contributed by atoms with E-state index in [1.165, 1.54) is 19.3 Å². The number of amides is 1. The van der Waals surface area contributed by atoms with Crippen molar-refractivity contribution in [1.82, 2.24) is 5.32 Å². The van der Waals surface area contributed by atoms with Gasteiger partial charge < -0.3 is 10.1 Å². The first-order chi connectivity index (χ1) is 13.8. The van der Waals surface area contributed by atoms with Crippen LogP contribution in [-0.2, 0) is 4.79 Å². The van der Waals surface area contributed by atoms with Gasteiger partial charge in [-0.25, -0.2) is 0 Å². The molecule has 0 saturated heterocycles. The summed E-state index contributed by atoms with van der Waals surface area (Å²) in [6.45, 7) is 7.28. The lowest BCUT2D eigenvalue weighted by atomic mass is 9.46. The van der Waals surface area contributed by atoms with E-state index in [1.54, 1.807) is 6.08 Å². The number of rotatable bonds is 2. The van der Waals surface area contributed by atoms with Crippen molar-refractivity contribution in [2.24, 2.45) is 34.5 Å². The minimum absolute atomic E-state index is 0.0797. The summed E-state index contributed by atoms with van der Waals surface area (Å²) in [6, 6.07) is 8.10. The highest BCUT2D eigenvalue weighted by molar-refractivity contribution is 6.30. The van der Waals surface area contributed by atoms with E-state index in [0.717, 1.165) is 23.6 Å². The van der Waals surface area contributed by atoms with E-state index in [2.05, 4.69) is 32.2 Å². The van der Waals surface area contributed by atoms with Crippen LogP contribution in [0.25, 0.3) is 0 Å². The van der Waals surface area contributed by atoms with Crippen LogP contribution in [0.4, 0.5) is 0 Å². The Labute approximate surface area is 179 Å². The molecule has 1 amide bonds. The molecule has 3 aliphatic carbocycles. The molecule has 3 unspecified atom stereocenters. The molecule has 8 atom stereocenters. The van der Waals surface area contributed by atoms with E-state index >= 15 is 0 Å². The zero-order chi connectivity index (χ0) is 20.4. The summed E-state index contributed by atoms with van der Waals surface area (Å²) >= 11 is 6.05. The summed E-state index contributed by atoms with van der Waals surface area (Å²) in [5.74, 6) is 3.68. The van der Waals surface area contributed by atoms with Gasteiger partial charge in [0.1, 0.15) is 11.9 Å². The number of ether oxygens (including phenoxy) is 1. The Bertz CT molecular complexity index is 836. The lowest BCUT2D eigenvalue weighted by molar-refractivity contribution is -0.127. The Morgan fingerprint density at radius 3 is 2.62 bits per heavy atom. The van der Waals surface area contributed by atoms with Gasteiger partial charge in [0.2, 0.25) is 5.91 Å². The third-order valence-electron chi connectivity index (χ3n) is 9.06. The van der Waals surface area contributed by atoms with Crippen LogP contribution >= 0.6 is 11.6 Å². The predicted molar refractivity (Wildman–Crippen MR) is 116 cm³/mol. The second-order valence-corrected chi connectivity index (χ2v) is 10.9. The molecule has 3 saturated carbocycles. The summed E-state index contributed by atoms with van der Waals surface area (Å²) in [7, 11) is 0. The molecule has 1 N–H and O–H groups in total. The highest BCUT2D eigenvalue weighted by Gasteiger charge is 2.62. The van der Waals surface area contributed by atoms with Crippen LogP contribution in [0.15, 0.2) is 36.4 Å². The van der Waals surface area contributed by atoms with E-state index < -0.39 is 0 Å². The van der Waals surface area contributed by atoms with E-state index in [-0.39, 0.29) is 28.9 Å². The number of fused-ring (bicyclic) bond motifs is 5. The molecule has 3 fully saturated rings. The van der Waals surface area contributed by atoms with E-state index in [9.17, 15) is 4.79 Å². The van der Waals surface area contributed by atoms with Gasteiger partial charge in [-0.05, 0) is 86.1 Å². The second-order valence-electron chi connectivity index (χ2n) is 10.4. The lowest BCUT2D eigenvalue weighted by Gasteiger charge is -2.60. The first kappa shape index (κ1) is 19.5. The normalized spacial score (nSPS) is 45.7. The van der Waals surface area contributed by atoms with Crippen molar-refractivity contribution in [2.45, 2.75) is 65.0 Å². The van der Waals surface area contributed by atoms with Crippen molar-refractivity contribution >= 4 is 17.5 Å². The van der Waals surface area contributed by atoms with Crippen LogP contribution < -0.4 is 10.1 Å². The van der Waals surface area contributed by atoms with Crippen molar-refractivity contribution in [2.75, 3.05) is 0 Å². The fourth-order valence-electron chi connectivity index (χ4n) is 7.51. The Balaban J connectivity index is 1.42. The van der Waals surface area contributed by atoms with Crippen molar-refractivity contribution in [3.05, 3.63) is 41.4 Å². The summed E-state index contributed by atoms with van der Waals surface area (Å²) in [6.07, 6.45) is 10.2. The van der Waals surface area contributed by atoms with Crippen molar-refractivity contribution < 1.29 is 9.53 Å². The van der Waals surface area contributed by atoms with Gasteiger partial charge in [0.25, 0.3) is 0 Å². The van der Waals surface area contributed by atoms with Gasteiger partial charge >= 0.3 is 0 Å². The smallest absolute Gasteiger partial charge is 0.243 e. The maximum atomic E-state index is 12.0. The Kier molecular flexibility index (Phi) is 4.55. The van der Waals surface area contributed by atoms with Gasteiger partial charge in [-0.3, -0.25) is 4.79 Å². The highest BCUT2D eigenvalue weighted by atomic mass is 35.5. The van der Waals surface area contributed by atoms with Crippen LogP contribution in [0, 0.1) is 34.5 Å². The third kappa shape index (κ3) is 2.95. The first-order valence-corrected chi connectivity index (χ1v) is 11.6. The molecule has 0 bridgehead atoms. The van der Waals surface area contributed by atoms with Crippen LogP contribution in [-0.4, -0.2) is 18.1 Å². The molecule has 0 radical (unpaired) electrons. The number of hydrogen-bond acceptors (Lipinski definition) is 2. The zero-order valence-corrected chi connectivity index (χ0v) is 18.4. The van der Waals surface area contributed by atoms with Gasteiger partial charge in [0, 0.05) is 21.9 Å². The summed E-state index contributed by atoms with van der Waals surface area (Å²) < 4.78 is 6.53. The monoisotopic (exact) mass is 413 g/mol. The maximum absolute atomic E-state index is 12.0. The minimum atomic E-state index is 0.0797. The van der Waals surface area contributed by atoms with Crippen molar-refractivity contribution in [3.63, 3.8) is 0 Å². The zero-order valence-electron chi connectivity index (χ0n) is 17.7. The average molecular weight is 414 g/mol. The number of benzene rings is 1. The lowest BCUT2D eigenvalue weighted by Crippen LogP contribution is -2.61. The Morgan fingerprint density at radius 2 is 1.86 bits per heavy atom. The van der Waals surface area contributed by atoms with E-state index in [0.29, 0.717) is 23.7 Å². The second kappa shape index (κ2) is 6.77. The minimum Gasteiger partial charge on any atom is -0.490 e. The van der Waals surface area contributed by atoms with Crippen LogP contribution in [0.5, 0.6) is 5.75 Å². The topological polar surface area (TPSA) is 38.3 Å². The fourth-order valence-corrected chi connectivity index (χ4v) is 7.63. The van der Waals surface area contributed by atoms with Crippen molar-refractivity contribution in [3.8, 4) is 5.75 Å². The maximum Gasteiger partial charge on any atom is 0.243 e.